The summed E-state index contributed by atoms with van der Waals surface area (Å²) in [5, 5.41) is 3.51. The highest BCUT2D eigenvalue weighted by molar-refractivity contribution is 6.33. The van der Waals surface area contributed by atoms with Gasteiger partial charge in [-0.25, -0.2) is 4.39 Å². The summed E-state index contributed by atoms with van der Waals surface area (Å²) in [6.07, 6.45) is 0. The number of aromatic nitrogens is 2. The predicted molar refractivity (Wildman–Crippen MR) is 78.8 cm³/mol. The van der Waals surface area contributed by atoms with Gasteiger partial charge in [0.2, 0.25) is 11.7 Å². The fourth-order valence-corrected chi connectivity index (χ4v) is 2.37. The molecular weight excluding hydrogens is 314 g/mol. The second kappa shape index (κ2) is 5.84. The Bertz CT molecular complexity index is 761. The summed E-state index contributed by atoms with van der Waals surface area (Å²) in [5.41, 5.74) is 1.34. The third-order valence-corrected chi connectivity index (χ3v) is 3.67. The van der Waals surface area contributed by atoms with Gasteiger partial charge in [-0.05, 0) is 23.8 Å². The Morgan fingerprint density at radius 1 is 1.10 bits per heavy atom. The fraction of sp³-hybridized carbons (Fsp3) is 0.0667. The van der Waals surface area contributed by atoms with Crippen LogP contribution in [0.5, 0.6) is 0 Å². The smallest absolute Gasteiger partial charge is 0.249 e. The number of nitrogens with zero attached hydrogens (tertiary/aromatic N) is 2. The SMILES string of the molecule is Fc1ccc(-c2noc(C(Cl)c3ccccc3)n2)c(Cl)c1. The molecule has 0 radical (unpaired) electrons. The topological polar surface area (TPSA) is 38.9 Å². The van der Waals surface area contributed by atoms with E-state index in [-0.39, 0.29) is 16.7 Å². The van der Waals surface area contributed by atoms with E-state index in [1.807, 2.05) is 30.3 Å². The van der Waals surface area contributed by atoms with Crippen molar-refractivity contribution in [3.05, 3.63) is 70.8 Å². The minimum Gasteiger partial charge on any atom is -0.337 e. The number of halogens is 3. The molecule has 1 heterocycles. The van der Waals surface area contributed by atoms with Crippen LogP contribution in [0.4, 0.5) is 4.39 Å². The molecule has 1 atom stereocenters. The lowest BCUT2D eigenvalue weighted by molar-refractivity contribution is 0.383. The highest BCUT2D eigenvalue weighted by Crippen LogP contribution is 2.31. The Hall–Kier alpha value is -1.91. The van der Waals surface area contributed by atoms with Crippen LogP contribution in [0.15, 0.2) is 53.1 Å². The van der Waals surface area contributed by atoms with Gasteiger partial charge in [-0.3, -0.25) is 0 Å². The van der Waals surface area contributed by atoms with E-state index in [1.54, 1.807) is 0 Å². The lowest BCUT2D eigenvalue weighted by Crippen LogP contribution is -1.93. The van der Waals surface area contributed by atoms with Crippen molar-refractivity contribution >= 4 is 23.2 Å². The van der Waals surface area contributed by atoms with Gasteiger partial charge in [0, 0.05) is 5.56 Å². The van der Waals surface area contributed by atoms with Crippen LogP contribution in [0, 0.1) is 5.82 Å². The Morgan fingerprint density at radius 2 is 1.86 bits per heavy atom. The molecule has 3 aromatic rings. The van der Waals surface area contributed by atoms with E-state index in [1.165, 1.54) is 18.2 Å². The van der Waals surface area contributed by atoms with Gasteiger partial charge < -0.3 is 4.52 Å². The maximum Gasteiger partial charge on any atom is 0.249 e. The number of rotatable bonds is 3. The normalized spacial score (nSPS) is 12.3. The number of alkyl halides is 1. The van der Waals surface area contributed by atoms with Crippen LogP contribution in [0.2, 0.25) is 5.02 Å². The van der Waals surface area contributed by atoms with E-state index in [0.29, 0.717) is 5.56 Å². The van der Waals surface area contributed by atoms with Crippen LogP contribution in [0.3, 0.4) is 0 Å². The summed E-state index contributed by atoms with van der Waals surface area (Å²) in [7, 11) is 0. The lowest BCUT2D eigenvalue weighted by Gasteiger charge is -2.03. The monoisotopic (exact) mass is 322 g/mol. The standard InChI is InChI=1S/C15H9Cl2FN2O/c16-12-8-10(18)6-7-11(12)14-19-15(21-20-14)13(17)9-4-2-1-3-5-9/h1-8,13H. The van der Waals surface area contributed by atoms with Gasteiger partial charge in [-0.15, -0.1) is 11.6 Å². The van der Waals surface area contributed by atoms with E-state index >= 15 is 0 Å². The molecule has 0 amide bonds. The van der Waals surface area contributed by atoms with Crippen molar-refractivity contribution in [3.63, 3.8) is 0 Å². The molecule has 0 aliphatic rings. The third kappa shape index (κ3) is 2.91. The summed E-state index contributed by atoms with van der Waals surface area (Å²) in [5.74, 6) is 0.113. The Labute approximate surface area is 130 Å². The molecular formula is C15H9Cl2FN2O. The minimum atomic E-state index is -0.549. The molecule has 6 heteroatoms. The first-order valence-corrected chi connectivity index (χ1v) is 6.94. The summed E-state index contributed by atoms with van der Waals surface area (Å²) in [6.45, 7) is 0. The highest BCUT2D eigenvalue weighted by atomic mass is 35.5. The zero-order chi connectivity index (χ0) is 14.8. The molecule has 0 spiro atoms. The minimum absolute atomic E-state index is 0.216. The highest BCUT2D eigenvalue weighted by Gasteiger charge is 2.20. The third-order valence-electron chi connectivity index (χ3n) is 2.92. The summed E-state index contributed by atoms with van der Waals surface area (Å²) < 4.78 is 18.2. The van der Waals surface area contributed by atoms with Crippen molar-refractivity contribution in [1.29, 1.82) is 0 Å². The van der Waals surface area contributed by atoms with Crippen molar-refractivity contribution in [2.45, 2.75) is 5.38 Å². The average molecular weight is 323 g/mol. The molecule has 106 valence electrons. The van der Waals surface area contributed by atoms with Crippen LogP contribution in [-0.4, -0.2) is 10.1 Å². The summed E-state index contributed by atoms with van der Waals surface area (Å²) >= 11 is 12.3. The fourth-order valence-electron chi connectivity index (χ4n) is 1.88. The van der Waals surface area contributed by atoms with Crippen molar-refractivity contribution in [1.82, 2.24) is 10.1 Å². The molecule has 0 N–H and O–H groups in total. The predicted octanol–water partition coefficient (Wildman–Crippen LogP) is 4.86. The van der Waals surface area contributed by atoms with Gasteiger partial charge >= 0.3 is 0 Å². The van der Waals surface area contributed by atoms with E-state index in [9.17, 15) is 4.39 Å². The van der Waals surface area contributed by atoms with E-state index in [2.05, 4.69) is 10.1 Å². The lowest BCUT2D eigenvalue weighted by atomic mass is 10.1. The molecule has 0 bridgehead atoms. The number of benzene rings is 2. The molecule has 1 unspecified atom stereocenters. The van der Waals surface area contributed by atoms with Gasteiger partial charge in [0.15, 0.2) is 0 Å². The second-order valence-electron chi connectivity index (χ2n) is 4.35. The quantitative estimate of drug-likeness (QED) is 0.646. The van der Waals surface area contributed by atoms with Crippen LogP contribution < -0.4 is 0 Å². The van der Waals surface area contributed by atoms with Crippen molar-refractivity contribution in [2.75, 3.05) is 0 Å². The Kier molecular flexibility index (Phi) is 3.90. The van der Waals surface area contributed by atoms with Gasteiger partial charge in [0.05, 0.1) is 5.02 Å². The molecule has 0 aliphatic carbocycles. The van der Waals surface area contributed by atoms with Crippen LogP contribution in [0.25, 0.3) is 11.4 Å². The molecule has 0 aliphatic heterocycles. The zero-order valence-corrected chi connectivity index (χ0v) is 12.1. The Balaban J connectivity index is 1.93. The molecule has 0 saturated heterocycles. The molecule has 0 fully saturated rings. The average Bonchev–Trinajstić information content (AvgIpc) is 2.97. The van der Waals surface area contributed by atoms with Crippen LogP contribution >= 0.6 is 23.2 Å². The van der Waals surface area contributed by atoms with E-state index in [4.69, 9.17) is 27.7 Å². The zero-order valence-electron chi connectivity index (χ0n) is 10.6. The van der Waals surface area contributed by atoms with Gasteiger partial charge in [-0.1, -0.05) is 47.1 Å². The maximum atomic E-state index is 13.0. The molecule has 1 aromatic heterocycles. The first kappa shape index (κ1) is 14.0. The Morgan fingerprint density at radius 3 is 2.57 bits per heavy atom. The summed E-state index contributed by atoms with van der Waals surface area (Å²) in [4.78, 5) is 4.23. The molecule has 3 rings (SSSR count). The van der Waals surface area contributed by atoms with Gasteiger partial charge in [-0.2, -0.15) is 4.98 Å². The van der Waals surface area contributed by atoms with E-state index in [0.717, 1.165) is 5.56 Å². The largest absolute Gasteiger partial charge is 0.337 e. The summed E-state index contributed by atoms with van der Waals surface area (Å²) in [6, 6.07) is 13.4. The van der Waals surface area contributed by atoms with Crippen LogP contribution in [-0.2, 0) is 0 Å². The van der Waals surface area contributed by atoms with Gasteiger partial charge in [0.1, 0.15) is 11.2 Å². The first-order chi connectivity index (χ1) is 10.1. The maximum absolute atomic E-state index is 13.0. The second-order valence-corrected chi connectivity index (χ2v) is 5.20. The van der Waals surface area contributed by atoms with Crippen molar-refractivity contribution < 1.29 is 8.91 Å². The number of hydrogen-bond donors (Lipinski definition) is 0. The van der Waals surface area contributed by atoms with E-state index < -0.39 is 11.2 Å². The van der Waals surface area contributed by atoms with Crippen LogP contribution in [0.1, 0.15) is 16.8 Å². The molecule has 2 aromatic carbocycles. The first-order valence-electron chi connectivity index (χ1n) is 6.13. The van der Waals surface area contributed by atoms with Crippen molar-refractivity contribution in [2.24, 2.45) is 0 Å². The molecule has 3 nitrogen and oxygen atoms in total. The van der Waals surface area contributed by atoms with Gasteiger partial charge in [0.25, 0.3) is 0 Å². The molecule has 21 heavy (non-hydrogen) atoms. The molecule has 0 saturated carbocycles. The van der Waals surface area contributed by atoms with Crippen molar-refractivity contribution in [3.8, 4) is 11.4 Å². The number of hydrogen-bond acceptors (Lipinski definition) is 3.